The van der Waals surface area contributed by atoms with Crippen molar-refractivity contribution in [3.05, 3.63) is 42.2 Å². The van der Waals surface area contributed by atoms with Crippen molar-refractivity contribution in [1.82, 2.24) is 10.3 Å². The largest absolute Gasteiger partial charge is 0.310 e. The van der Waals surface area contributed by atoms with Crippen molar-refractivity contribution in [2.75, 3.05) is 6.54 Å². The Morgan fingerprint density at radius 2 is 2.05 bits per heavy atom. The molecule has 1 saturated carbocycles. The van der Waals surface area contributed by atoms with Gasteiger partial charge in [-0.1, -0.05) is 38.1 Å². The van der Waals surface area contributed by atoms with Crippen molar-refractivity contribution in [2.24, 2.45) is 11.8 Å². The average molecular weight is 268 g/mol. The third kappa shape index (κ3) is 2.71. The number of pyridine rings is 1. The van der Waals surface area contributed by atoms with Crippen LogP contribution in [0.4, 0.5) is 0 Å². The number of nitrogens with one attached hydrogen (secondary N) is 1. The van der Waals surface area contributed by atoms with Crippen LogP contribution in [0.5, 0.6) is 0 Å². The fraction of sp³-hybridized carbons (Fsp3) is 0.500. The van der Waals surface area contributed by atoms with Crippen molar-refractivity contribution < 1.29 is 0 Å². The van der Waals surface area contributed by atoms with Gasteiger partial charge in [0.15, 0.2) is 0 Å². The molecule has 1 aliphatic carbocycles. The number of hydrogen-bond donors (Lipinski definition) is 1. The first-order chi connectivity index (χ1) is 9.81. The van der Waals surface area contributed by atoms with E-state index in [1.807, 2.05) is 6.20 Å². The third-order valence-electron chi connectivity index (χ3n) is 4.54. The molecule has 2 unspecified atom stereocenters. The van der Waals surface area contributed by atoms with E-state index in [9.17, 15) is 0 Å². The van der Waals surface area contributed by atoms with E-state index in [4.69, 9.17) is 0 Å². The molecular formula is C18H24N2. The van der Waals surface area contributed by atoms with Gasteiger partial charge < -0.3 is 5.32 Å². The molecule has 1 heterocycles. The first-order valence-electron chi connectivity index (χ1n) is 7.87. The van der Waals surface area contributed by atoms with Gasteiger partial charge in [0.05, 0.1) is 0 Å². The maximum absolute atomic E-state index is 4.46. The molecule has 0 bridgehead atoms. The Hall–Kier alpha value is -1.41. The third-order valence-corrected chi connectivity index (χ3v) is 4.54. The van der Waals surface area contributed by atoms with Crippen LogP contribution in [-0.4, -0.2) is 11.5 Å². The average Bonchev–Trinajstić information content (AvgIpc) is 3.32. The zero-order valence-electron chi connectivity index (χ0n) is 12.5. The van der Waals surface area contributed by atoms with Crippen LogP contribution in [-0.2, 0) is 0 Å². The summed E-state index contributed by atoms with van der Waals surface area (Å²) in [6.07, 6.45) is 7.99. The van der Waals surface area contributed by atoms with E-state index in [-0.39, 0.29) is 0 Å². The van der Waals surface area contributed by atoms with E-state index in [1.165, 1.54) is 35.6 Å². The number of benzene rings is 1. The molecule has 0 aliphatic heterocycles. The SMILES string of the molecule is CCCNC(c1cncc2ccccc12)C(C)C1CC1. The summed E-state index contributed by atoms with van der Waals surface area (Å²) in [6, 6.07) is 9.04. The summed E-state index contributed by atoms with van der Waals surface area (Å²) in [6.45, 7) is 5.70. The van der Waals surface area contributed by atoms with Crippen molar-refractivity contribution in [1.29, 1.82) is 0 Å². The Kier molecular flexibility index (Phi) is 4.02. The minimum Gasteiger partial charge on any atom is -0.310 e. The maximum atomic E-state index is 4.46. The minimum atomic E-state index is 0.432. The second-order valence-electron chi connectivity index (χ2n) is 6.08. The molecule has 2 atom stereocenters. The molecule has 0 saturated heterocycles. The van der Waals surface area contributed by atoms with Crippen LogP contribution in [0.15, 0.2) is 36.7 Å². The van der Waals surface area contributed by atoms with Crippen molar-refractivity contribution in [3.8, 4) is 0 Å². The zero-order chi connectivity index (χ0) is 13.9. The van der Waals surface area contributed by atoms with Gasteiger partial charge in [0.25, 0.3) is 0 Å². The minimum absolute atomic E-state index is 0.432. The lowest BCUT2D eigenvalue weighted by Crippen LogP contribution is -2.29. The zero-order valence-corrected chi connectivity index (χ0v) is 12.5. The first kappa shape index (κ1) is 13.6. The Bertz CT molecular complexity index is 569. The summed E-state index contributed by atoms with van der Waals surface area (Å²) in [5.74, 6) is 1.58. The predicted molar refractivity (Wildman–Crippen MR) is 84.7 cm³/mol. The highest BCUT2D eigenvalue weighted by atomic mass is 14.9. The highest BCUT2D eigenvalue weighted by molar-refractivity contribution is 5.85. The highest BCUT2D eigenvalue weighted by Crippen LogP contribution is 2.43. The molecule has 1 aliphatic rings. The van der Waals surface area contributed by atoms with Gasteiger partial charge in [-0.2, -0.15) is 0 Å². The van der Waals surface area contributed by atoms with E-state index in [0.29, 0.717) is 12.0 Å². The summed E-state index contributed by atoms with van der Waals surface area (Å²) >= 11 is 0. The lowest BCUT2D eigenvalue weighted by molar-refractivity contribution is 0.351. The second kappa shape index (κ2) is 5.92. The molecule has 1 aromatic carbocycles. The van der Waals surface area contributed by atoms with E-state index in [2.05, 4.69) is 54.6 Å². The van der Waals surface area contributed by atoms with Crippen LogP contribution in [0, 0.1) is 11.8 Å². The summed E-state index contributed by atoms with van der Waals surface area (Å²) in [7, 11) is 0. The summed E-state index contributed by atoms with van der Waals surface area (Å²) in [5.41, 5.74) is 1.37. The highest BCUT2D eigenvalue weighted by Gasteiger charge is 2.34. The van der Waals surface area contributed by atoms with E-state index in [0.717, 1.165) is 12.5 Å². The molecule has 106 valence electrons. The van der Waals surface area contributed by atoms with Crippen LogP contribution in [0.2, 0.25) is 0 Å². The summed E-state index contributed by atoms with van der Waals surface area (Å²) < 4.78 is 0. The molecular weight excluding hydrogens is 244 g/mol. The van der Waals surface area contributed by atoms with E-state index < -0.39 is 0 Å². The van der Waals surface area contributed by atoms with Crippen molar-refractivity contribution >= 4 is 10.8 Å². The van der Waals surface area contributed by atoms with Crippen molar-refractivity contribution in [2.45, 2.75) is 39.2 Å². The quantitative estimate of drug-likeness (QED) is 0.844. The lowest BCUT2D eigenvalue weighted by Gasteiger charge is -2.26. The van der Waals surface area contributed by atoms with E-state index in [1.54, 1.807) is 0 Å². The monoisotopic (exact) mass is 268 g/mol. The molecule has 20 heavy (non-hydrogen) atoms. The Morgan fingerprint density at radius 3 is 2.80 bits per heavy atom. The second-order valence-corrected chi connectivity index (χ2v) is 6.08. The van der Waals surface area contributed by atoms with Crippen LogP contribution in [0.1, 0.15) is 44.7 Å². The molecule has 0 spiro atoms. The smallest absolute Gasteiger partial charge is 0.0370 e. The standard InChI is InChI=1S/C18H24N2/c1-3-10-20-18(13(2)14-8-9-14)17-12-19-11-15-6-4-5-7-16(15)17/h4-7,11-14,18,20H,3,8-10H2,1-2H3. The number of nitrogens with zero attached hydrogens (tertiary/aromatic N) is 1. The predicted octanol–water partition coefficient (Wildman–Crippen LogP) is 4.32. The molecule has 1 fully saturated rings. The van der Waals surface area contributed by atoms with Crippen LogP contribution in [0.3, 0.4) is 0 Å². The molecule has 0 amide bonds. The van der Waals surface area contributed by atoms with Gasteiger partial charge >= 0.3 is 0 Å². The molecule has 2 aromatic rings. The topological polar surface area (TPSA) is 24.9 Å². The Balaban J connectivity index is 1.98. The van der Waals surface area contributed by atoms with Crippen molar-refractivity contribution in [3.63, 3.8) is 0 Å². The van der Waals surface area contributed by atoms with Crippen LogP contribution in [0.25, 0.3) is 10.8 Å². The molecule has 2 heteroatoms. The summed E-state index contributed by atoms with van der Waals surface area (Å²) in [4.78, 5) is 4.46. The van der Waals surface area contributed by atoms with Gasteiger partial charge in [0.2, 0.25) is 0 Å². The number of aromatic nitrogens is 1. The molecule has 0 radical (unpaired) electrons. The Labute approximate surface area is 121 Å². The van der Waals surface area contributed by atoms with Gasteiger partial charge in [0.1, 0.15) is 0 Å². The van der Waals surface area contributed by atoms with Gasteiger partial charge in [-0.15, -0.1) is 0 Å². The van der Waals surface area contributed by atoms with Gasteiger partial charge in [-0.25, -0.2) is 0 Å². The van der Waals surface area contributed by atoms with Gasteiger partial charge in [-0.05, 0) is 48.6 Å². The fourth-order valence-electron chi connectivity index (χ4n) is 3.16. The van der Waals surface area contributed by atoms with Crippen LogP contribution >= 0.6 is 0 Å². The first-order valence-corrected chi connectivity index (χ1v) is 7.87. The van der Waals surface area contributed by atoms with Gasteiger partial charge in [0, 0.05) is 23.8 Å². The summed E-state index contributed by atoms with van der Waals surface area (Å²) in [5, 5.41) is 6.36. The lowest BCUT2D eigenvalue weighted by atomic mass is 9.89. The van der Waals surface area contributed by atoms with Crippen LogP contribution < -0.4 is 5.32 Å². The molecule has 1 N–H and O–H groups in total. The molecule has 1 aromatic heterocycles. The fourth-order valence-corrected chi connectivity index (χ4v) is 3.16. The number of hydrogen-bond acceptors (Lipinski definition) is 2. The van der Waals surface area contributed by atoms with Gasteiger partial charge in [-0.3, -0.25) is 4.98 Å². The Morgan fingerprint density at radius 1 is 1.25 bits per heavy atom. The van der Waals surface area contributed by atoms with E-state index >= 15 is 0 Å². The molecule has 3 rings (SSSR count). The number of fused-ring (bicyclic) bond motifs is 1. The number of rotatable bonds is 6. The normalized spacial score (nSPS) is 18.1. The molecule has 2 nitrogen and oxygen atoms in total. The maximum Gasteiger partial charge on any atom is 0.0370 e.